The molecule has 1 heterocycles. The standard InChI is InChI=1S/C16H13Cl3O2/c1-20-15-7-12(17)10(6-13(15)18)16(19)11-8-21-14-5-3-2-4-9(11)14/h2-7,11,16H,8H2,1H3. The number of benzene rings is 2. The molecule has 2 unspecified atom stereocenters. The molecule has 0 aromatic heterocycles. The fourth-order valence-electron chi connectivity index (χ4n) is 2.56. The maximum atomic E-state index is 6.65. The molecule has 110 valence electrons. The van der Waals surface area contributed by atoms with Crippen LogP contribution in [0.3, 0.4) is 0 Å². The number of fused-ring (bicyclic) bond motifs is 1. The van der Waals surface area contributed by atoms with E-state index in [0.717, 1.165) is 16.9 Å². The van der Waals surface area contributed by atoms with Crippen molar-refractivity contribution in [3.63, 3.8) is 0 Å². The van der Waals surface area contributed by atoms with Crippen LogP contribution in [0.15, 0.2) is 36.4 Å². The number of para-hydroxylation sites is 1. The van der Waals surface area contributed by atoms with Crippen molar-refractivity contribution in [2.24, 2.45) is 0 Å². The number of alkyl halides is 1. The van der Waals surface area contributed by atoms with E-state index in [2.05, 4.69) is 0 Å². The molecule has 0 radical (unpaired) electrons. The van der Waals surface area contributed by atoms with Crippen molar-refractivity contribution in [1.29, 1.82) is 0 Å². The number of hydrogen-bond donors (Lipinski definition) is 0. The van der Waals surface area contributed by atoms with Gasteiger partial charge < -0.3 is 9.47 Å². The van der Waals surface area contributed by atoms with E-state index in [1.165, 1.54) is 0 Å². The summed E-state index contributed by atoms with van der Waals surface area (Å²) in [4.78, 5) is 0. The van der Waals surface area contributed by atoms with Crippen molar-refractivity contribution in [1.82, 2.24) is 0 Å². The molecule has 0 fully saturated rings. The zero-order valence-corrected chi connectivity index (χ0v) is 13.5. The highest BCUT2D eigenvalue weighted by Gasteiger charge is 2.32. The van der Waals surface area contributed by atoms with Gasteiger partial charge in [0.25, 0.3) is 0 Å². The van der Waals surface area contributed by atoms with Crippen molar-refractivity contribution in [3.8, 4) is 11.5 Å². The summed E-state index contributed by atoms with van der Waals surface area (Å²) in [6, 6.07) is 11.4. The van der Waals surface area contributed by atoms with E-state index in [1.807, 2.05) is 24.3 Å². The van der Waals surface area contributed by atoms with E-state index in [1.54, 1.807) is 19.2 Å². The minimum absolute atomic E-state index is 0.0461. The second-order valence-electron chi connectivity index (χ2n) is 4.87. The Hall–Kier alpha value is -1.09. The highest BCUT2D eigenvalue weighted by Crippen LogP contribution is 2.47. The van der Waals surface area contributed by atoms with Gasteiger partial charge in [-0.15, -0.1) is 11.6 Å². The zero-order valence-electron chi connectivity index (χ0n) is 11.3. The van der Waals surface area contributed by atoms with Gasteiger partial charge in [0.1, 0.15) is 11.5 Å². The van der Waals surface area contributed by atoms with Crippen LogP contribution in [0.1, 0.15) is 22.4 Å². The van der Waals surface area contributed by atoms with Crippen molar-refractivity contribution < 1.29 is 9.47 Å². The summed E-state index contributed by atoms with van der Waals surface area (Å²) in [7, 11) is 1.55. The second kappa shape index (κ2) is 5.96. The monoisotopic (exact) mass is 342 g/mol. The van der Waals surface area contributed by atoms with E-state index in [0.29, 0.717) is 22.4 Å². The Morgan fingerprint density at radius 1 is 1.19 bits per heavy atom. The molecule has 0 saturated heterocycles. The summed E-state index contributed by atoms with van der Waals surface area (Å²) < 4.78 is 10.8. The zero-order chi connectivity index (χ0) is 15.0. The summed E-state index contributed by atoms with van der Waals surface area (Å²) in [5.41, 5.74) is 1.88. The van der Waals surface area contributed by atoms with Gasteiger partial charge in [-0.2, -0.15) is 0 Å². The normalized spacial score (nSPS) is 18.0. The summed E-state index contributed by atoms with van der Waals surface area (Å²) in [6.07, 6.45) is 0. The molecule has 0 saturated carbocycles. The van der Waals surface area contributed by atoms with Gasteiger partial charge in [-0.25, -0.2) is 0 Å². The SMILES string of the molecule is COc1cc(Cl)c(C(Cl)C2COc3ccccc32)cc1Cl. The Labute approximate surface area is 138 Å². The van der Waals surface area contributed by atoms with Crippen molar-refractivity contribution in [2.75, 3.05) is 13.7 Å². The molecule has 2 aromatic carbocycles. The van der Waals surface area contributed by atoms with Crippen molar-refractivity contribution >= 4 is 34.8 Å². The van der Waals surface area contributed by atoms with Gasteiger partial charge in [0.05, 0.1) is 24.1 Å². The maximum Gasteiger partial charge on any atom is 0.138 e. The van der Waals surface area contributed by atoms with Crippen LogP contribution < -0.4 is 9.47 Å². The topological polar surface area (TPSA) is 18.5 Å². The molecule has 5 heteroatoms. The summed E-state index contributed by atoms with van der Waals surface area (Å²) in [5, 5.41) is 0.722. The van der Waals surface area contributed by atoms with Crippen LogP contribution in [-0.2, 0) is 0 Å². The van der Waals surface area contributed by atoms with Crippen LogP contribution in [0.25, 0.3) is 0 Å². The van der Waals surface area contributed by atoms with Gasteiger partial charge in [-0.1, -0.05) is 41.4 Å². The third-order valence-electron chi connectivity index (χ3n) is 3.66. The highest BCUT2D eigenvalue weighted by molar-refractivity contribution is 6.35. The summed E-state index contributed by atoms with van der Waals surface area (Å²) in [5.74, 6) is 1.46. The Morgan fingerprint density at radius 3 is 2.71 bits per heavy atom. The predicted octanol–water partition coefficient (Wildman–Crippen LogP) is 5.46. The fraction of sp³-hybridized carbons (Fsp3) is 0.250. The van der Waals surface area contributed by atoms with Gasteiger partial charge in [-0.05, 0) is 17.7 Å². The first kappa shape index (κ1) is 14.8. The number of ether oxygens (including phenoxy) is 2. The lowest BCUT2D eigenvalue weighted by Gasteiger charge is -2.19. The lowest BCUT2D eigenvalue weighted by Crippen LogP contribution is -2.08. The molecule has 0 spiro atoms. The van der Waals surface area contributed by atoms with Crippen LogP contribution >= 0.6 is 34.8 Å². The van der Waals surface area contributed by atoms with E-state index in [9.17, 15) is 0 Å². The Balaban J connectivity index is 1.97. The smallest absolute Gasteiger partial charge is 0.138 e. The molecular weight excluding hydrogens is 331 g/mol. The van der Waals surface area contributed by atoms with Gasteiger partial charge >= 0.3 is 0 Å². The van der Waals surface area contributed by atoms with E-state index in [-0.39, 0.29) is 11.3 Å². The largest absolute Gasteiger partial charge is 0.495 e. The molecule has 0 aliphatic carbocycles. The molecule has 0 N–H and O–H groups in total. The lowest BCUT2D eigenvalue weighted by atomic mass is 9.93. The van der Waals surface area contributed by atoms with Gasteiger partial charge in [0, 0.05) is 22.6 Å². The molecule has 0 amide bonds. The first-order chi connectivity index (χ1) is 10.1. The third-order valence-corrected chi connectivity index (χ3v) is 4.82. The number of halogens is 3. The lowest BCUT2D eigenvalue weighted by molar-refractivity contribution is 0.328. The molecule has 2 atom stereocenters. The Kier molecular flexibility index (Phi) is 4.21. The number of rotatable bonds is 3. The third kappa shape index (κ3) is 2.68. The molecule has 2 nitrogen and oxygen atoms in total. The van der Waals surface area contributed by atoms with Crippen LogP contribution in [0, 0.1) is 0 Å². The second-order valence-corrected chi connectivity index (χ2v) is 6.15. The van der Waals surface area contributed by atoms with E-state index in [4.69, 9.17) is 44.3 Å². The Bertz CT molecular complexity index is 673. The van der Waals surface area contributed by atoms with Crippen LogP contribution in [-0.4, -0.2) is 13.7 Å². The Morgan fingerprint density at radius 2 is 1.95 bits per heavy atom. The van der Waals surface area contributed by atoms with Crippen molar-refractivity contribution in [3.05, 3.63) is 57.6 Å². The summed E-state index contributed by atoms with van der Waals surface area (Å²) in [6.45, 7) is 0.535. The highest BCUT2D eigenvalue weighted by atomic mass is 35.5. The van der Waals surface area contributed by atoms with Gasteiger partial charge in [-0.3, -0.25) is 0 Å². The predicted molar refractivity (Wildman–Crippen MR) is 86.3 cm³/mol. The summed E-state index contributed by atoms with van der Waals surface area (Å²) >= 11 is 19.1. The molecular formula is C16H13Cl3O2. The molecule has 2 aromatic rings. The van der Waals surface area contributed by atoms with Gasteiger partial charge in [0.2, 0.25) is 0 Å². The molecule has 1 aliphatic heterocycles. The molecule has 0 bridgehead atoms. The average Bonchev–Trinajstić information content (AvgIpc) is 2.92. The molecule has 3 rings (SSSR count). The number of hydrogen-bond acceptors (Lipinski definition) is 2. The van der Waals surface area contributed by atoms with Crippen LogP contribution in [0.5, 0.6) is 11.5 Å². The first-order valence-corrected chi connectivity index (χ1v) is 7.69. The molecule has 21 heavy (non-hydrogen) atoms. The maximum absolute atomic E-state index is 6.65. The molecule has 1 aliphatic rings. The minimum Gasteiger partial charge on any atom is -0.495 e. The first-order valence-electron chi connectivity index (χ1n) is 6.50. The van der Waals surface area contributed by atoms with E-state index < -0.39 is 0 Å². The van der Waals surface area contributed by atoms with Gasteiger partial charge in [0.15, 0.2) is 0 Å². The minimum atomic E-state index is -0.315. The average molecular weight is 344 g/mol. The van der Waals surface area contributed by atoms with Crippen molar-refractivity contribution in [2.45, 2.75) is 11.3 Å². The van der Waals surface area contributed by atoms with Crippen LogP contribution in [0.4, 0.5) is 0 Å². The quantitative estimate of drug-likeness (QED) is 0.689. The van der Waals surface area contributed by atoms with E-state index >= 15 is 0 Å². The van der Waals surface area contributed by atoms with Crippen LogP contribution in [0.2, 0.25) is 10.0 Å². The number of methoxy groups -OCH3 is 1. The fourth-order valence-corrected chi connectivity index (χ4v) is 3.52.